The van der Waals surface area contributed by atoms with Crippen molar-refractivity contribution in [3.8, 4) is 0 Å². The van der Waals surface area contributed by atoms with Crippen LogP contribution in [0.5, 0.6) is 0 Å². The highest BCUT2D eigenvalue weighted by atomic mass is 35.5. The van der Waals surface area contributed by atoms with Gasteiger partial charge in [0, 0.05) is 26.3 Å². The maximum atomic E-state index is 12.1. The molecule has 2 heterocycles. The van der Waals surface area contributed by atoms with E-state index in [-0.39, 0.29) is 24.9 Å². The molecule has 0 aliphatic carbocycles. The number of aliphatic carboxylic acids is 1. The molecule has 0 radical (unpaired) electrons. The number of nitrogens with zero attached hydrogens (tertiary/aromatic N) is 2. The van der Waals surface area contributed by atoms with Gasteiger partial charge in [0.15, 0.2) is 0 Å². The van der Waals surface area contributed by atoms with Crippen LogP contribution < -0.4 is 0 Å². The van der Waals surface area contributed by atoms with Gasteiger partial charge in [0.1, 0.15) is 5.69 Å². The molecular weight excluding hydrogens is 279 g/mol. The first-order valence-corrected chi connectivity index (χ1v) is 5.71. The number of carboxylic acid groups (broad SMARTS) is 1. The van der Waals surface area contributed by atoms with E-state index in [1.807, 2.05) is 0 Å². The number of halogens is 2. The second kappa shape index (κ2) is 5.63. The Balaban J connectivity index is 0.00000162. The fraction of sp³-hybridized carbons (Fsp3) is 0.455. The van der Waals surface area contributed by atoms with Crippen LogP contribution in [0, 0.1) is 5.92 Å². The molecule has 5 nitrogen and oxygen atoms in total. The monoisotopic (exact) mass is 292 g/mol. The molecule has 1 N–H and O–H groups in total. The molecule has 1 aromatic rings. The predicted molar refractivity (Wildman–Crippen MR) is 69.3 cm³/mol. The van der Waals surface area contributed by atoms with Crippen molar-refractivity contribution < 1.29 is 14.7 Å². The van der Waals surface area contributed by atoms with E-state index in [0.717, 1.165) is 0 Å². The van der Waals surface area contributed by atoms with E-state index >= 15 is 0 Å². The Hall–Kier alpha value is -1.20. The van der Waals surface area contributed by atoms with Crippen molar-refractivity contribution in [1.29, 1.82) is 0 Å². The fourth-order valence-electron chi connectivity index (χ4n) is 2.05. The first-order valence-electron chi connectivity index (χ1n) is 5.33. The Bertz CT molecular complexity index is 473. The van der Waals surface area contributed by atoms with Crippen molar-refractivity contribution in [2.75, 3.05) is 13.1 Å². The van der Waals surface area contributed by atoms with Gasteiger partial charge in [-0.2, -0.15) is 0 Å². The van der Waals surface area contributed by atoms with Crippen LogP contribution in [-0.4, -0.2) is 39.5 Å². The van der Waals surface area contributed by atoms with Gasteiger partial charge in [-0.05, 0) is 12.5 Å². The Morgan fingerprint density at radius 1 is 1.50 bits per heavy atom. The lowest BCUT2D eigenvalue weighted by Gasteiger charge is -2.15. The number of hydrogen-bond donors (Lipinski definition) is 1. The molecule has 0 bridgehead atoms. The zero-order valence-corrected chi connectivity index (χ0v) is 11.4. The van der Waals surface area contributed by atoms with E-state index in [1.54, 1.807) is 28.8 Å². The van der Waals surface area contributed by atoms with Crippen molar-refractivity contribution in [3.05, 3.63) is 23.0 Å². The first-order chi connectivity index (χ1) is 7.99. The number of aromatic nitrogens is 1. The van der Waals surface area contributed by atoms with Crippen LogP contribution in [0.25, 0.3) is 0 Å². The van der Waals surface area contributed by atoms with Gasteiger partial charge in [-0.25, -0.2) is 0 Å². The Kier molecular flexibility index (Phi) is 4.65. The minimum absolute atomic E-state index is 0. The van der Waals surface area contributed by atoms with Crippen molar-refractivity contribution in [2.24, 2.45) is 13.0 Å². The highest BCUT2D eigenvalue weighted by Gasteiger charge is 2.32. The van der Waals surface area contributed by atoms with Crippen molar-refractivity contribution in [1.82, 2.24) is 9.47 Å². The van der Waals surface area contributed by atoms with Crippen LogP contribution in [0.4, 0.5) is 0 Å². The number of hydrogen-bond acceptors (Lipinski definition) is 2. The van der Waals surface area contributed by atoms with Crippen molar-refractivity contribution in [3.63, 3.8) is 0 Å². The molecule has 100 valence electrons. The summed E-state index contributed by atoms with van der Waals surface area (Å²) in [4.78, 5) is 24.5. The molecule has 1 fully saturated rings. The quantitative estimate of drug-likeness (QED) is 0.901. The number of carboxylic acids is 1. The Morgan fingerprint density at radius 2 is 2.17 bits per heavy atom. The zero-order valence-electron chi connectivity index (χ0n) is 9.80. The Labute approximate surface area is 116 Å². The van der Waals surface area contributed by atoms with Gasteiger partial charge in [0.25, 0.3) is 5.91 Å². The maximum absolute atomic E-state index is 12.1. The van der Waals surface area contributed by atoms with Crippen LogP contribution >= 0.6 is 24.0 Å². The molecule has 1 atom stereocenters. The third-order valence-electron chi connectivity index (χ3n) is 3.02. The van der Waals surface area contributed by atoms with Crippen LogP contribution in [0.15, 0.2) is 12.3 Å². The van der Waals surface area contributed by atoms with E-state index in [0.29, 0.717) is 23.7 Å². The molecule has 1 unspecified atom stereocenters. The lowest BCUT2D eigenvalue weighted by atomic mass is 10.1. The predicted octanol–water partition coefficient (Wildman–Crippen LogP) is 1.65. The molecule has 1 aliphatic heterocycles. The topological polar surface area (TPSA) is 62.5 Å². The van der Waals surface area contributed by atoms with Crippen molar-refractivity contribution in [2.45, 2.75) is 6.42 Å². The van der Waals surface area contributed by atoms with E-state index in [2.05, 4.69) is 0 Å². The number of rotatable bonds is 2. The molecule has 1 amide bonds. The summed E-state index contributed by atoms with van der Waals surface area (Å²) in [5.74, 6) is -1.46. The summed E-state index contributed by atoms with van der Waals surface area (Å²) in [6.45, 7) is 0.759. The van der Waals surface area contributed by atoms with Crippen LogP contribution in [0.1, 0.15) is 16.9 Å². The van der Waals surface area contributed by atoms with Crippen LogP contribution in [-0.2, 0) is 11.8 Å². The van der Waals surface area contributed by atoms with Crippen LogP contribution in [0.2, 0.25) is 5.02 Å². The van der Waals surface area contributed by atoms with Gasteiger partial charge in [-0.3, -0.25) is 9.59 Å². The largest absolute Gasteiger partial charge is 0.481 e. The molecule has 0 aromatic carbocycles. The lowest BCUT2D eigenvalue weighted by molar-refractivity contribution is -0.141. The van der Waals surface area contributed by atoms with Crippen molar-refractivity contribution >= 4 is 35.9 Å². The molecule has 0 spiro atoms. The van der Waals surface area contributed by atoms with Crippen LogP contribution in [0.3, 0.4) is 0 Å². The lowest BCUT2D eigenvalue weighted by Crippen LogP contribution is -2.31. The second-order valence-electron chi connectivity index (χ2n) is 4.23. The number of amides is 1. The summed E-state index contributed by atoms with van der Waals surface area (Å²) >= 11 is 5.81. The van der Waals surface area contributed by atoms with Gasteiger partial charge in [-0.15, -0.1) is 12.4 Å². The highest BCUT2D eigenvalue weighted by Crippen LogP contribution is 2.20. The SMILES string of the molecule is Cl.Cn1cc(Cl)cc1C(=O)N1CCC(C(=O)O)C1. The Morgan fingerprint density at radius 3 is 2.61 bits per heavy atom. The average molecular weight is 293 g/mol. The van der Waals surface area contributed by atoms with Gasteiger partial charge in [0.05, 0.1) is 10.9 Å². The normalized spacial score (nSPS) is 18.6. The number of carbonyl (C=O) groups excluding carboxylic acids is 1. The standard InChI is InChI=1S/C11H13ClN2O3.ClH/c1-13-6-8(12)4-9(13)10(15)14-3-2-7(5-14)11(16)17;/h4,6-7H,2-3,5H2,1H3,(H,16,17);1H. The summed E-state index contributed by atoms with van der Waals surface area (Å²) in [6.07, 6.45) is 2.17. The third kappa shape index (κ3) is 2.79. The average Bonchev–Trinajstić information content (AvgIpc) is 2.84. The molecule has 7 heteroatoms. The molecular formula is C11H14Cl2N2O3. The number of carbonyl (C=O) groups is 2. The molecule has 1 aliphatic rings. The third-order valence-corrected chi connectivity index (χ3v) is 3.22. The van der Waals surface area contributed by atoms with Gasteiger partial charge in [0.2, 0.25) is 0 Å². The zero-order chi connectivity index (χ0) is 12.6. The van der Waals surface area contributed by atoms with Gasteiger partial charge < -0.3 is 14.6 Å². The maximum Gasteiger partial charge on any atom is 0.308 e. The van der Waals surface area contributed by atoms with Gasteiger partial charge in [-0.1, -0.05) is 11.6 Å². The first kappa shape index (κ1) is 14.9. The van der Waals surface area contributed by atoms with E-state index < -0.39 is 11.9 Å². The van der Waals surface area contributed by atoms with Gasteiger partial charge >= 0.3 is 5.97 Å². The minimum atomic E-state index is -0.842. The summed E-state index contributed by atoms with van der Waals surface area (Å²) in [5.41, 5.74) is 0.487. The fourth-order valence-corrected chi connectivity index (χ4v) is 2.29. The summed E-state index contributed by atoms with van der Waals surface area (Å²) in [5, 5.41) is 9.38. The van der Waals surface area contributed by atoms with E-state index in [4.69, 9.17) is 16.7 Å². The summed E-state index contributed by atoms with van der Waals surface area (Å²) in [6, 6.07) is 1.60. The summed E-state index contributed by atoms with van der Waals surface area (Å²) in [7, 11) is 1.74. The summed E-state index contributed by atoms with van der Waals surface area (Å²) < 4.78 is 1.65. The molecule has 18 heavy (non-hydrogen) atoms. The smallest absolute Gasteiger partial charge is 0.308 e. The molecule has 0 saturated carbocycles. The minimum Gasteiger partial charge on any atom is -0.481 e. The van der Waals surface area contributed by atoms with E-state index in [1.165, 1.54) is 0 Å². The number of likely N-dealkylation sites (tertiary alicyclic amines) is 1. The second-order valence-corrected chi connectivity index (χ2v) is 4.67. The molecule has 1 saturated heterocycles. The van der Waals surface area contributed by atoms with E-state index in [9.17, 15) is 9.59 Å². The number of aryl methyl sites for hydroxylation is 1. The highest BCUT2D eigenvalue weighted by molar-refractivity contribution is 6.31. The molecule has 1 aromatic heterocycles. The molecule has 2 rings (SSSR count).